The topological polar surface area (TPSA) is 134 Å². The number of phenolic OH excluding ortho intramolecular Hbond substituents is 2. The van der Waals surface area contributed by atoms with Crippen molar-refractivity contribution in [2.45, 2.75) is 19.3 Å². The second-order valence-electron chi connectivity index (χ2n) is 4.91. The summed E-state index contributed by atoms with van der Waals surface area (Å²) in [5.74, 6) is -2.76. The number of hydrogen-bond acceptors (Lipinski definition) is 6. The van der Waals surface area contributed by atoms with Crippen molar-refractivity contribution in [1.82, 2.24) is 0 Å². The second kappa shape index (κ2) is 5.80. The van der Waals surface area contributed by atoms with E-state index < -0.39 is 28.8 Å². The molecular weight excluding hydrogens is 290 g/mol. The molecule has 7 heteroatoms. The van der Waals surface area contributed by atoms with Crippen molar-refractivity contribution >= 4 is 5.91 Å². The lowest BCUT2D eigenvalue weighted by molar-refractivity contribution is -0.118. The fourth-order valence-electron chi connectivity index (χ4n) is 2.18. The van der Waals surface area contributed by atoms with Crippen molar-refractivity contribution in [3.05, 3.63) is 51.6 Å². The van der Waals surface area contributed by atoms with E-state index in [2.05, 4.69) is 0 Å². The zero-order chi connectivity index (χ0) is 16.4. The van der Waals surface area contributed by atoms with Gasteiger partial charge in [0, 0.05) is 12.5 Å². The molecule has 1 aromatic carbocycles. The highest BCUT2D eigenvalue weighted by molar-refractivity contribution is 5.75. The number of nitrogens with two attached hydrogens (primary N) is 1. The lowest BCUT2D eigenvalue weighted by atomic mass is 9.91. The van der Waals surface area contributed by atoms with Crippen LogP contribution < -0.4 is 11.2 Å². The Balaban J connectivity index is 2.62. The minimum atomic E-state index is -0.864. The lowest BCUT2D eigenvalue weighted by Crippen LogP contribution is -2.17. The molecule has 0 aliphatic carbocycles. The van der Waals surface area contributed by atoms with Gasteiger partial charge in [-0.25, -0.2) is 0 Å². The van der Waals surface area contributed by atoms with Crippen LogP contribution in [0.3, 0.4) is 0 Å². The van der Waals surface area contributed by atoms with Gasteiger partial charge < -0.3 is 25.5 Å². The van der Waals surface area contributed by atoms with Gasteiger partial charge in [0.25, 0.3) is 0 Å². The Bertz CT molecular complexity index is 780. The van der Waals surface area contributed by atoms with Gasteiger partial charge >= 0.3 is 0 Å². The van der Waals surface area contributed by atoms with Crippen molar-refractivity contribution in [3.8, 4) is 17.2 Å². The van der Waals surface area contributed by atoms with Crippen LogP contribution in [0, 0.1) is 6.92 Å². The number of phenols is 2. The summed E-state index contributed by atoms with van der Waals surface area (Å²) in [4.78, 5) is 23.0. The molecule has 0 unspecified atom stereocenters. The molecule has 0 saturated heterocycles. The van der Waals surface area contributed by atoms with Crippen LogP contribution in [0.4, 0.5) is 0 Å². The molecule has 0 aliphatic rings. The van der Waals surface area contributed by atoms with Crippen LogP contribution in [0.15, 0.2) is 33.5 Å². The van der Waals surface area contributed by atoms with Crippen LogP contribution in [0.2, 0.25) is 0 Å². The molecule has 1 amide bonds. The molecule has 0 fully saturated rings. The van der Waals surface area contributed by atoms with Gasteiger partial charge in [0.1, 0.15) is 5.76 Å². The highest BCUT2D eigenvalue weighted by Gasteiger charge is 2.25. The largest absolute Gasteiger partial charge is 0.504 e. The third kappa shape index (κ3) is 3.03. The van der Waals surface area contributed by atoms with Crippen LogP contribution >= 0.6 is 0 Å². The summed E-state index contributed by atoms with van der Waals surface area (Å²) in [5.41, 5.74) is 4.93. The number of carbonyl (C=O) groups is 1. The molecule has 0 radical (unpaired) electrons. The molecule has 5 N–H and O–H groups in total. The number of hydrogen-bond donors (Lipinski definition) is 4. The maximum Gasteiger partial charge on any atom is 0.227 e. The summed E-state index contributed by atoms with van der Waals surface area (Å²) in [6.45, 7) is 1.53. The third-order valence-corrected chi connectivity index (χ3v) is 3.20. The molecule has 0 bridgehead atoms. The van der Waals surface area contributed by atoms with Crippen LogP contribution in [0.5, 0.6) is 17.2 Å². The van der Waals surface area contributed by atoms with E-state index in [-0.39, 0.29) is 23.7 Å². The fraction of sp³-hybridized carbons (Fsp3) is 0.200. The second-order valence-corrected chi connectivity index (χ2v) is 4.91. The molecule has 1 atom stereocenters. The minimum Gasteiger partial charge on any atom is -0.504 e. The maximum atomic E-state index is 11.7. The number of amides is 1. The molecule has 0 aliphatic heterocycles. The Labute approximate surface area is 125 Å². The molecule has 22 heavy (non-hydrogen) atoms. The first-order valence-electron chi connectivity index (χ1n) is 6.43. The Morgan fingerprint density at radius 3 is 2.50 bits per heavy atom. The van der Waals surface area contributed by atoms with Crippen LogP contribution in [-0.2, 0) is 4.79 Å². The summed E-state index contributed by atoms with van der Waals surface area (Å²) >= 11 is 0. The van der Waals surface area contributed by atoms with E-state index in [0.29, 0.717) is 5.56 Å². The molecule has 116 valence electrons. The highest BCUT2D eigenvalue weighted by atomic mass is 16.4. The number of aryl methyl sites for hydroxylation is 1. The van der Waals surface area contributed by atoms with Crippen LogP contribution in [-0.4, -0.2) is 21.2 Å². The predicted molar refractivity (Wildman–Crippen MR) is 76.8 cm³/mol. The Morgan fingerprint density at radius 1 is 1.23 bits per heavy atom. The first-order valence-corrected chi connectivity index (χ1v) is 6.43. The molecule has 0 spiro atoms. The van der Waals surface area contributed by atoms with E-state index in [4.69, 9.17) is 10.2 Å². The molecule has 7 nitrogen and oxygen atoms in total. The summed E-state index contributed by atoms with van der Waals surface area (Å²) in [6, 6.07) is 4.99. The third-order valence-electron chi connectivity index (χ3n) is 3.20. The Hall–Kier alpha value is -2.96. The minimum absolute atomic E-state index is 0.117. The molecule has 2 rings (SSSR count). The van der Waals surface area contributed by atoms with E-state index in [9.17, 15) is 24.9 Å². The Kier molecular flexibility index (Phi) is 4.07. The maximum absolute atomic E-state index is 11.7. The van der Waals surface area contributed by atoms with Gasteiger partial charge in [0.05, 0.1) is 5.92 Å². The zero-order valence-electron chi connectivity index (χ0n) is 11.7. The predicted octanol–water partition coefficient (Wildman–Crippen LogP) is 1.07. The smallest absolute Gasteiger partial charge is 0.227 e. The average Bonchev–Trinajstić information content (AvgIpc) is 2.43. The van der Waals surface area contributed by atoms with Gasteiger partial charge in [-0.2, -0.15) is 0 Å². The fourth-order valence-corrected chi connectivity index (χ4v) is 2.18. The monoisotopic (exact) mass is 305 g/mol. The number of aromatic hydroxyl groups is 3. The van der Waals surface area contributed by atoms with Crippen LogP contribution in [0.25, 0.3) is 0 Å². The van der Waals surface area contributed by atoms with E-state index in [1.807, 2.05) is 0 Å². The summed E-state index contributed by atoms with van der Waals surface area (Å²) in [6.07, 6.45) is -0.246. The van der Waals surface area contributed by atoms with E-state index in [0.717, 1.165) is 6.07 Å². The lowest BCUT2D eigenvalue weighted by Gasteiger charge is -2.17. The van der Waals surface area contributed by atoms with Gasteiger partial charge in [0.2, 0.25) is 17.1 Å². The van der Waals surface area contributed by atoms with Crippen molar-refractivity contribution < 1.29 is 24.5 Å². The number of primary amides is 1. The average molecular weight is 305 g/mol. The highest BCUT2D eigenvalue weighted by Crippen LogP contribution is 2.36. The van der Waals surface area contributed by atoms with Gasteiger partial charge in [-0.1, -0.05) is 6.07 Å². The van der Waals surface area contributed by atoms with Gasteiger partial charge in [-0.15, -0.1) is 0 Å². The van der Waals surface area contributed by atoms with E-state index >= 15 is 0 Å². The van der Waals surface area contributed by atoms with Gasteiger partial charge in [-0.3, -0.25) is 9.59 Å². The summed E-state index contributed by atoms with van der Waals surface area (Å²) in [7, 11) is 0. The van der Waals surface area contributed by atoms with Crippen molar-refractivity contribution in [1.29, 1.82) is 0 Å². The summed E-state index contributed by atoms with van der Waals surface area (Å²) < 4.78 is 5.37. The molecule has 1 aromatic heterocycles. The van der Waals surface area contributed by atoms with E-state index in [1.165, 1.54) is 25.1 Å². The van der Waals surface area contributed by atoms with Crippen molar-refractivity contribution in [2.75, 3.05) is 0 Å². The summed E-state index contributed by atoms with van der Waals surface area (Å²) in [5, 5.41) is 28.9. The Morgan fingerprint density at radius 2 is 1.91 bits per heavy atom. The molecular formula is C15H15NO6. The molecule has 2 aromatic rings. The first kappa shape index (κ1) is 15.4. The number of benzene rings is 1. The van der Waals surface area contributed by atoms with Gasteiger partial charge in [-0.05, 0) is 24.6 Å². The van der Waals surface area contributed by atoms with Crippen LogP contribution in [0.1, 0.15) is 29.4 Å². The standard InChI is InChI=1S/C15H15NO6/c1-7-4-12(19)14(21)15(22-7)9(6-13(16)20)8-2-3-10(17)11(18)5-8/h2-5,9,17-18,21H,6H2,1H3,(H2,16,20)/t9-/m1/s1. The normalized spacial score (nSPS) is 12.0. The first-order chi connectivity index (χ1) is 10.3. The van der Waals surface area contributed by atoms with Crippen molar-refractivity contribution in [3.63, 3.8) is 0 Å². The number of rotatable bonds is 4. The van der Waals surface area contributed by atoms with Crippen molar-refractivity contribution in [2.24, 2.45) is 5.73 Å². The molecule has 1 heterocycles. The van der Waals surface area contributed by atoms with E-state index in [1.54, 1.807) is 0 Å². The zero-order valence-corrected chi connectivity index (χ0v) is 11.7. The van der Waals surface area contributed by atoms with Gasteiger partial charge in [0.15, 0.2) is 17.3 Å². The quantitative estimate of drug-likeness (QED) is 0.624. The number of carbonyl (C=O) groups excluding carboxylic acids is 1. The SMILES string of the molecule is Cc1cc(=O)c(O)c([C@H](CC(N)=O)c2ccc(O)c(O)c2)o1. The molecule has 0 saturated carbocycles.